The Morgan fingerprint density at radius 3 is 1.79 bits per heavy atom. The van der Waals surface area contributed by atoms with Gasteiger partial charge in [0.1, 0.15) is 0 Å². The number of carbonyl (C=O) groups is 2. The van der Waals surface area contributed by atoms with Crippen LogP contribution in [0.3, 0.4) is 0 Å². The van der Waals surface area contributed by atoms with Gasteiger partial charge in [-0.1, -0.05) is 30.3 Å². The molecule has 0 aromatic heterocycles. The first-order valence-electron chi connectivity index (χ1n) is 3.59. The van der Waals surface area contributed by atoms with Crippen molar-refractivity contribution in [3.63, 3.8) is 0 Å². The normalized spacial score (nSPS) is 9.21. The molecular weight excluding hydrogens is 196 g/mol. The van der Waals surface area contributed by atoms with E-state index in [2.05, 4.69) is 0 Å². The van der Waals surface area contributed by atoms with Crippen molar-refractivity contribution >= 4 is 35.0 Å². The Balaban J connectivity index is 0.00000169. The maximum Gasteiger partial charge on any atom is 2.00 e. The van der Waals surface area contributed by atoms with E-state index in [9.17, 15) is 19.8 Å². The van der Waals surface area contributed by atoms with Crippen LogP contribution < -0.4 is 10.2 Å². The van der Waals surface area contributed by atoms with Gasteiger partial charge in [-0.15, -0.1) is 0 Å². The molecule has 4 nitrogen and oxygen atoms in total. The van der Waals surface area contributed by atoms with Crippen molar-refractivity contribution in [1.82, 2.24) is 0 Å². The van der Waals surface area contributed by atoms with Gasteiger partial charge in [0, 0.05) is 0 Å². The maximum absolute atomic E-state index is 10.4. The summed E-state index contributed by atoms with van der Waals surface area (Å²) in [7, 11) is 0. The molecule has 0 radical (unpaired) electrons. The fourth-order valence-corrected chi connectivity index (χ4v) is 1.01. The second kappa shape index (κ2) is 5.61. The minimum absolute atomic E-state index is 0. The number of hydrogen-bond acceptors (Lipinski definition) is 4. The van der Waals surface area contributed by atoms with Crippen molar-refractivity contribution in [1.29, 1.82) is 0 Å². The van der Waals surface area contributed by atoms with E-state index < -0.39 is 17.9 Å². The maximum atomic E-state index is 10.4. The largest absolute Gasteiger partial charge is 2.00 e. The molecule has 68 valence electrons. The summed E-state index contributed by atoms with van der Waals surface area (Å²) < 4.78 is 0. The van der Waals surface area contributed by atoms with Gasteiger partial charge in [0.05, 0.1) is 17.9 Å². The van der Waals surface area contributed by atoms with E-state index in [1.807, 2.05) is 0 Å². The van der Waals surface area contributed by atoms with Gasteiger partial charge in [0.2, 0.25) is 0 Å². The summed E-state index contributed by atoms with van der Waals surface area (Å²) in [5.41, 5.74) is 0.155. The second-order valence-electron chi connectivity index (χ2n) is 2.48. The van der Waals surface area contributed by atoms with E-state index in [0.717, 1.165) is 0 Å². The molecule has 0 unspecified atom stereocenters. The van der Waals surface area contributed by atoms with Crippen molar-refractivity contribution in [3.8, 4) is 0 Å². The average molecular weight is 202 g/mol. The van der Waals surface area contributed by atoms with Crippen LogP contribution in [0.15, 0.2) is 30.3 Å². The molecule has 0 fully saturated rings. The molecule has 1 rings (SSSR count). The van der Waals surface area contributed by atoms with Crippen LogP contribution in [0.1, 0.15) is 11.5 Å². The summed E-state index contributed by atoms with van der Waals surface area (Å²) in [4.78, 5) is 20.8. The molecule has 0 bridgehead atoms. The molecule has 0 aliphatic carbocycles. The molecule has 0 saturated heterocycles. The summed E-state index contributed by atoms with van der Waals surface area (Å²) in [5, 5.41) is 20.8. The molecule has 0 heterocycles. The summed E-state index contributed by atoms with van der Waals surface area (Å²) in [6, 6.07) is 7.56. The summed E-state index contributed by atoms with van der Waals surface area (Å²) in [6.07, 6.45) is 0. The van der Waals surface area contributed by atoms with Crippen LogP contribution in [0, 0.1) is 0 Å². The number of carbonyl (C=O) groups excluding carboxylic acids is 2. The third-order valence-corrected chi connectivity index (χ3v) is 1.60. The van der Waals surface area contributed by atoms with E-state index in [-0.39, 0.29) is 28.6 Å². The number of carboxylic acids is 2. The zero-order valence-electron chi connectivity index (χ0n) is 7.30. The molecule has 14 heavy (non-hydrogen) atoms. The van der Waals surface area contributed by atoms with E-state index in [0.29, 0.717) is 0 Å². The molecule has 5 heteroatoms. The standard InChI is InChI=1S/C9H8O4.Mg/c10-8(11)7(9(12)13)6-4-2-1-3-5-6;/h1-5,7H,(H,10,11)(H,12,13);/q;+2/p-2. The molecule has 0 atom stereocenters. The predicted molar refractivity (Wildman–Crippen MR) is 45.0 cm³/mol. The van der Waals surface area contributed by atoms with Gasteiger partial charge in [-0.05, 0) is 5.56 Å². The van der Waals surface area contributed by atoms with Gasteiger partial charge >= 0.3 is 23.1 Å². The van der Waals surface area contributed by atoms with Crippen molar-refractivity contribution in [2.24, 2.45) is 0 Å². The molecular formula is C9H6MgO4. The van der Waals surface area contributed by atoms with Crippen molar-refractivity contribution in [3.05, 3.63) is 35.9 Å². The van der Waals surface area contributed by atoms with Gasteiger partial charge in [0.15, 0.2) is 0 Å². The molecule has 0 saturated carbocycles. The van der Waals surface area contributed by atoms with Crippen molar-refractivity contribution < 1.29 is 19.8 Å². The van der Waals surface area contributed by atoms with Crippen molar-refractivity contribution in [2.45, 2.75) is 5.92 Å². The third kappa shape index (κ3) is 3.01. The van der Waals surface area contributed by atoms with Crippen LogP contribution in [0.2, 0.25) is 0 Å². The smallest absolute Gasteiger partial charge is 0.549 e. The van der Waals surface area contributed by atoms with Gasteiger partial charge < -0.3 is 19.8 Å². The average Bonchev–Trinajstić information content (AvgIpc) is 2.04. The van der Waals surface area contributed by atoms with E-state index in [1.54, 1.807) is 18.2 Å². The van der Waals surface area contributed by atoms with E-state index in [1.165, 1.54) is 12.1 Å². The molecule has 0 aliphatic heterocycles. The second-order valence-corrected chi connectivity index (χ2v) is 2.48. The Labute approximate surface area is 96.7 Å². The van der Waals surface area contributed by atoms with Crippen LogP contribution in [0.25, 0.3) is 0 Å². The van der Waals surface area contributed by atoms with Crippen LogP contribution in [0.5, 0.6) is 0 Å². The van der Waals surface area contributed by atoms with Gasteiger partial charge in [0.25, 0.3) is 0 Å². The number of carboxylic acid groups (broad SMARTS) is 2. The topological polar surface area (TPSA) is 80.3 Å². The molecule has 0 N–H and O–H groups in total. The molecule has 1 aromatic carbocycles. The summed E-state index contributed by atoms with van der Waals surface area (Å²) >= 11 is 0. The van der Waals surface area contributed by atoms with Gasteiger partial charge in [-0.2, -0.15) is 0 Å². The first kappa shape index (κ1) is 12.9. The first-order valence-corrected chi connectivity index (χ1v) is 3.59. The van der Waals surface area contributed by atoms with Gasteiger partial charge in [-0.3, -0.25) is 0 Å². The van der Waals surface area contributed by atoms with Gasteiger partial charge in [-0.25, -0.2) is 0 Å². The Bertz CT molecular complexity index is 309. The Morgan fingerprint density at radius 2 is 1.43 bits per heavy atom. The van der Waals surface area contributed by atoms with Crippen LogP contribution in [-0.4, -0.2) is 35.0 Å². The summed E-state index contributed by atoms with van der Waals surface area (Å²) in [5.74, 6) is -5.02. The minimum Gasteiger partial charge on any atom is -0.549 e. The molecule has 0 amide bonds. The number of aliphatic carboxylic acids is 2. The van der Waals surface area contributed by atoms with E-state index in [4.69, 9.17) is 0 Å². The minimum atomic E-state index is -1.69. The number of benzene rings is 1. The molecule has 0 aliphatic rings. The first-order chi connectivity index (χ1) is 6.13. The zero-order chi connectivity index (χ0) is 9.84. The summed E-state index contributed by atoms with van der Waals surface area (Å²) in [6.45, 7) is 0. The molecule has 1 aromatic rings. The Kier molecular flexibility index (Phi) is 5.18. The van der Waals surface area contributed by atoms with Crippen LogP contribution >= 0.6 is 0 Å². The van der Waals surface area contributed by atoms with Crippen molar-refractivity contribution in [2.75, 3.05) is 0 Å². The zero-order valence-corrected chi connectivity index (χ0v) is 8.72. The van der Waals surface area contributed by atoms with Crippen LogP contribution in [-0.2, 0) is 9.59 Å². The SMILES string of the molecule is O=C([O-])C(C(=O)[O-])c1ccccc1.[Mg+2]. The Hall–Kier alpha value is -1.07. The number of rotatable bonds is 3. The number of hydrogen-bond donors (Lipinski definition) is 0. The molecule has 0 spiro atoms. The predicted octanol–water partition coefficient (Wildman–Crippen LogP) is -2.11. The monoisotopic (exact) mass is 202 g/mol. The fourth-order valence-electron chi connectivity index (χ4n) is 1.01. The quantitative estimate of drug-likeness (QED) is 0.415. The van der Waals surface area contributed by atoms with Crippen LogP contribution in [0.4, 0.5) is 0 Å². The fraction of sp³-hybridized carbons (Fsp3) is 0.111. The Morgan fingerprint density at radius 1 is 1.00 bits per heavy atom. The third-order valence-electron chi connectivity index (χ3n) is 1.60. The van der Waals surface area contributed by atoms with E-state index >= 15 is 0 Å².